The molecule has 4 rings (SSSR count). The Labute approximate surface area is 171 Å². The molecular weight excluding hydrogens is 422 g/mol. The highest BCUT2D eigenvalue weighted by molar-refractivity contribution is 5.73. The molecule has 0 saturated heterocycles. The number of halogens is 4. The Morgan fingerprint density at radius 1 is 1.13 bits per heavy atom. The van der Waals surface area contributed by atoms with Gasteiger partial charge < -0.3 is 9.15 Å². The molecule has 0 aliphatic rings. The van der Waals surface area contributed by atoms with Gasteiger partial charge in [0.2, 0.25) is 0 Å². The van der Waals surface area contributed by atoms with Gasteiger partial charge in [-0.25, -0.2) is 29.1 Å². The maximum absolute atomic E-state index is 14.1. The molecule has 0 unspecified atom stereocenters. The molecule has 4 aromatic heterocycles. The Kier molecular flexibility index (Phi) is 5.36. The van der Waals surface area contributed by atoms with Crippen molar-refractivity contribution in [3.05, 3.63) is 65.0 Å². The summed E-state index contributed by atoms with van der Waals surface area (Å²) >= 11 is 0. The van der Waals surface area contributed by atoms with Crippen LogP contribution >= 0.6 is 0 Å². The molecule has 0 bridgehead atoms. The van der Waals surface area contributed by atoms with E-state index >= 15 is 0 Å². The van der Waals surface area contributed by atoms with Crippen LogP contribution in [-0.2, 0) is 13.0 Å². The zero-order valence-electron chi connectivity index (χ0n) is 15.6. The van der Waals surface area contributed by atoms with Crippen molar-refractivity contribution in [1.82, 2.24) is 24.5 Å². The van der Waals surface area contributed by atoms with Gasteiger partial charge in [0.15, 0.2) is 23.7 Å². The molecule has 0 aromatic carbocycles. The number of hydrogen-bond donors (Lipinski definition) is 0. The minimum atomic E-state index is -4.62. The first kappa shape index (κ1) is 20.4. The Morgan fingerprint density at radius 3 is 2.61 bits per heavy atom. The maximum Gasteiger partial charge on any atom is 0.422 e. The number of aryl methyl sites for hydroxylation is 2. The number of ether oxygens (including phenoxy) is 1. The second-order valence-electron chi connectivity index (χ2n) is 6.37. The summed E-state index contributed by atoms with van der Waals surface area (Å²) in [7, 11) is 0. The summed E-state index contributed by atoms with van der Waals surface area (Å²) < 4.78 is 61.7. The fraction of sp³-hybridized carbons (Fsp3) is 0.211. The summed E-state index contributed by atoms with van der Waals surface area (Å²) in [5.74, 6) is -1.95. The molecule has 0 spiro atoms. The maximum atomic E-state index is 14.1. The number of oxazole rings is 1. The summed E-state index contributed by atoms with van der Waals surface area (Å²) in [5, 5.41) is 0. The molecule has 0 fully saturated rings. The minimum Gasteiger partial charge on any atom is -0.466 e. The van der Waals surface area contributed by atoms with E-state index in [1.54, 1.807) is 18.5 Å². The summed E-state index contributed by atoms with van der Waals surface area (Å²) in [5.41, 5.74) is 0.870. The lowest BCUT2D eigenvalue weighted by molar-refractivity contribution is -0.154. The van der Waals surface area contributed by atoms with Crippen LogP contribution in [0, 0.1) is 5.82 Å². The van der Waals surface area contributed by atoms with E-state index in [2.05, 4.69) is 24.7 Å². The topological polar surface area (TPSA) is 95.9 Å². The van der Waals surface area contributed by atoms with Crippen LogP contribution < -0.4 is 10.5 Å². The highest BCUT2D eigenvalue weighted by atomic mass is 19.4. The molecule has 0 aliphatic heterocycles. The van der Waals surface area contributed by atoms with Crippen molar-refractivity contribution in [1.29, 1.82) is 0 Å². The van der Waals surface area contributed by atoms with Crippen LogP contribution in [0.1, 0.15) is 5.82 Å². The van der Waals surface area contributed by atoms with Crippen LogP contribution in [0.5, 0.6) is 5.88 Å². The van der Waals surface area contributed by atoms with E-state index in [0.29, 0.717) is 12.2 Å². The van der Waals surface area contributed by atoms with Gasteiger partial charge >= 0.3 is 11.9 Å². The van der Waals surface area contributed by atoms with Crippen LogP contribution in [0.4, 0.5) is 17.6 Å². The molecule has 0 saturated carbocycles. The van der Waals surface area contributed by atoms with Crippen molar-refractivity contribution >= 4 is 11.2 Å². The van der Waals surface area contributed by atoms with Crippen molar-refractivity contribution in [3.63, 3.8) is 0 Å². The molecule has 12 heteroatoms. The third-order valence-corrected chi connectivity index (χ3v) is 4.17. The predicted octanol–water partition coefficient (Wildman–Crippen LogP) is 3.16. The minimum absolute atomic E-state index is 0.186. The van der Waals surface area contributed by atoms with Gasteiger partial charge in [0.25, 0.3) is 5.88 Å². The second-order valence-corrected chi connectivity index (χ2v) is 6.37. The van der Waals surface area contributed by atoms with Crippen molar-refractivity contribution in [3.8, 4) is 17.1 Å². The Balaban J connectivity index is 1.61. The zero-order valence-corrected chi connectivity index (χ0v) is 15.6. The first-order chi connectivity index (χ1) is 14.8. The molecule has 0 atom stereocenters. The van der Waals surface area contributed by atoms with Gasteiger partial charge in [0, 0.05) is 37.1 Å². The molecule has 31 heavy (non-hydrogen) atoms. The highest BCUT2D eigenvalue weighted by Crippen LogP contribution is 2.25. The van der Waals surface area contributed by atoms with E-state index in [1.807, 2.05) is 0 Å². The van der Waals surface area contributed by atoms with Gasteiger partial charge in [-0.1, -0.05) is 0 Å². The summed E-state index contributed by atoms with van der Waals surface area (Å²) in [6.45, 7) is -1.46. The van der Waals surface area contributed by atoms with Gasteiger partial charge in [-0.2, -0.15) is 13.2 Å². The van der Waals surface area contributed by atoms with Gasteiger partial charge in [-0.05, 0) is 24.3 Å². The van der Waals surface area contributed by atoms with Crippen LogP contribution in [0.25, 0.3) is 22.5 Å². The second kappa shape index (κ2) is 8.13. The monoisotopic (exact) mass is 435 g/mol. The lowest BCUT2D eigenvalue weighted by Gasteiger charge is -2.09. The molecule has 160 valence electrons. The molecule has 0 radical (unpaired) electrons. The number of aromatic nitrogens is 5. The van der Waals surface area contributed by atoms with Crippen molar-refractivity contribution < 1.29 is 26.7 Å². The average Bonchev–Trinajstić information content (AvgIpc) is 3.05. The number of nitrogens with zero attached hydrogens (tertiary/aromatic N) is 5. The quantitative estimate of drug-likeness (QED) is 0.429. The first-order valence-corrected chi connectivity index (χ1v) is 8.92. The van der Waals surface area contributed by atoms with Gasteiger partial charge in [0.1, 0.15) is 5.82 Å². The SMILES string of the molecule is O=c1oc2ccc(-c3cnc(OCC(F)(F)F)c(F)c3)nc2n1CCc1ncccn1. The molecular formula is C19H13F4N5O3. The summed E-state index contributed by atoms with van der Waals surface area (Å²) in [6.07, 6.45) is 0.0261. The molecule has 0 aliphatic carbocycles. The fourth-order valence-corrected chi connectivity index (χ4v) is 2.79. The third-order valence-electron chi connectivity index (χ3n) is 4.17. The van der Waals surface area contributed by atoms with E-state index in [9.17, 15) is 22.4 Å². The normalized spacial score (nSPS) is 11.7. The Morgan fingerprint density at radius 2 is 1.90 bits per heavy atom. The van der Waals surface area contributed by atoms with Gasteiger partial charge in [-0.15, -0.1) is 0 Å². The van der Waals surface area contributed by atoms with Crippen molar-refractivity contribution in [2.45, 2.75) is 19.1 Å². The van der Waals surface area contributed by atoms with Crippen molar-refractivity contribution in [2.75, 3.05) is 6.61 Å². The predicted molar refractivity (Wildman–Crippen MR) is 98.7 cm³/mol. The van der Waals surface area contributed by atoms with Crippen molar-refractivity contribution in [2.24, 2.45) is 0 Å². The van der Waals surface area contributed by atoms with E-state index in [-0.39, 0.29) is 29.0 Å². The third kappa shape index (κ3) is 4.68. The average molecular weight is 435 g/mol. The highest BCUT2D eigenvalue weighted by Gasteiger charge is 2.29. The molecule has 0 amide bonds. The largest absolute Gasteiger partial charge is 0.466 e. The lowest BCUT2D eigenvalue weighted by Crippen LogP contribution is -2.20. The van der Waals surface area contributed by atoms with Crippen LogP contribution in [0.15, 0.2) is 52.1 Å². The Bertz CT molecular complexity index is 1270. The molecule has 0 N–H and O–H groups in total. The lowest BCUT2D eigenvalue weighted by atomic mass is 10.2. The van der Waals surface area contributed by atoms with E-state index in [4.69, 9.17) is 4.42 Å². The van der Waals surface area contributed by atoms with Crippen LogP contribution in [0.2, 0.25) is 0 Å². The summed E-state index contributed by atoms with van der Waals surface area (Å²) in [4.78, 5) is 28.3. The zero-order chi connectivity index (χ0) is 22.0. The molecule has 4 aromatic rings. The van der Waals surface area contributed by atoms with Crippen LogP contribution in [0.3, 0.4) is 0 Å². The number of alkyl halides is 3. The van der Waals surface area contributed by atoms with E-state index in [1.165, 1.54) is 16.7 Å². The standard InChI is InChI=1S/C19H13F4N5O3/c20-12-8-11(9-26-17(12)30-10-19(21,22)23)13-2-3-14-16(27-13)28(18(29)31-14)7-4-15-24-5-1-6-25-15/h1-3,5-6,8-9H,4,7,10H2. The van der Waals surface area contributed by atoms with E-state index in [0.717, 1.165) is 12.3 Å². The molecule has 4 heterocycles. The number of pyridine rings is 2. The van der Waals surface area contributed by atoms with Crippen LogP contribution in [-0.4, -0.2) is 37.3 Å². The van der Waals surface area contributed by atoms with Gasteiger partial charge in [-0.3, -0.25) is 4.57 Å². The fourth-order valence-electron chi connectivity index (χ4n) is 2.79. The molecule has 8 nitrogen and oxygen atoms in total. The van der Waals surface area contributed by atoms with E-state index < -0.39 is 30.2 Å². The summed E-state index contributed by atoms with van der Waals surface area (Å²) in [6, 6.07) is 5.58. The van der Waals surface area contributed by atoms with Gasteiger partial charge in [0.05, 0.1) is 5.69 Å². The number of rotatable bonds is 6. The number of hydrogen-bond acceptors (Lipinski definition) is 7. The Hall–Kier alpha value is -3.83. The first-order valence-electron chi connectivity index (χ1n) is 8.92. The smallest absolute Gasteiger partial charge is 0.422 e. The number of fused-ring (bicyclic) bond motifs is 1.